The molecule has 2 aliphatic heterocycles. The van der Waals surface area contributed by atoms with E-state index in [1.807, 2.05) is 67.3 Å². The fourth-order valence-electron chi connectivity index (χ4n) is 6.56. The number of benzene rings is 4. The molecule has 3 atom stereocenters. The van der Waals surface area contributed by atoms with E-state index < -0.39 is 44.9 Å². The number of hydrogen-bond acceptors (Lipinski definition) is 6. The molecule has 2 heterocycles. The van der Waals surface area contributed by atoms with E-state index in [2.05, 4.69) is 6.58 Å². The van der Waals surface area contributed by atoms with Crippen molar-refractivity contribution >= 4 is 43.2 Å². The molecular weight excluding hydrogens is 548 g/mol. The first-order valence-corrected chi connectivity index (χ1v) is 15.6. The van der Waals surface area contributed by atoms with Crippen molar-refractivity contribution in [2.45, 2.75) is 74.9 Å². The summed E-state index contributed by atoms with van der Waals surface area (Å²) >= 11 is 0. The summed E-state index contributed by atoms with van der Waals surface area (Å²) in [6.07, 6.45) is 0.437. The van der Waals surface area contributed by atoms with Crippen LogP contribution in [0, 0.1) is 0 Å². The van der Waals surface area contributed by atoms with Gasteiger partial charge in [0.05, 0.1) is 10.4 Å². The molecule has 4 aromatic rings. The number of sulfonamides is 1. The van der Waals surface area contributed by atoms with Gasteiger partial charge in [-0.1, -0.05) is 72.8 Å². The van der Waals surface area contributed by atoms with Crippen LogP contribution in [0.3, 0.4) is 0 Å². The molecule has 6 rings (SSSR count). The smallest absolute Gasteiger partial charge is 0.325 e. The van der Waals surface area contributed by atoms with E-state index in [9.17, 15) is 9.90 Å². The average Bonchev–Trinajstić information content (AvgIpc) is 3.38. The van der Waals surface area contributed by atoms with Gasteiger partial charge in [0.1, 0.15) is 23.4 Å². The zero-order valence-electron chi connectivity index (χ0n) is 24.5. The second-order valence-electron chi connectivity index (χ2n) is 12.8. The van der Waals surface area contributed by atoms with Crippen LogP contribution in [0.5, 0.6) is 0 Å². The number of carbonyl (C=O) groups is 1. The van der Waals surface area contributed by atoms with E-state index in [0.717, 1.165) is 10.8 Å². The Morgan fingerprint density at radius 2 is 1.50 bits per heavy atom. The Hall–Kier alpha value is -3.72. The van der Waals surface area contributed by atoms with Crippen LogP contribution in [0.1, 0.15) is 46.6 Å². The molecule has 4 aromatic carbocycles. The lowest BCUT2D eigenvalue weighted by Crippen LogP contribution is -2.60. The highest BCUT2D eigenvalue weighted by Gasteiger charge is 2.67. The monoisotopic (exact) mass is 584 g/mol. The molecule has 0 spiro atoms. The molecule has 0 aromatic heterocycles. The van der Waals surface area contributed by atoms with E-state index in [0.29, 0.717) is 22.0 Å². The molecule has 1 fully saturated rings. The summed E-state index contributed by atoms with van der Waals surface area (Å²) in [6.45, 7) is 13.1. The number of fused-ring (bicyclic) bond motifs is 5. The number of hydrogen-bond donors (Lipinski definition) is 1. The summed E-state index contributed by atoms with van der Waals surface area (Å²) in [4.78, 5) is 15.9. The third-order valence-corrected chi connectivity index (χ3v) is 10.4. The van der Waals surface area contributed by atoms with E-state index in [-0.39, 0.29) is 11.3 Å². The summed E-state index contributed by atoms with van der Waals surface area (Å²) in [5.41, 5.74) is -2.08. The Morgan fingerprint density at radius 1 is 0.952 bits per heavy atom. The molecule has 0 aliphatic carbocycles. The highest BCUT2D eigenvalue weighted by Crippen LogP contribution is 2.57. The van der Waals surface area contributed by atoms with Gasteiger partial charge >= 0.3 is 5.97 Å². The van der Waals surface area contributed by atoms with Crippen LogP contribution >= 0.6 is 0 Å². The van der Waals surface area contributed by atoms with Crippen molar-refractivity contribution in [2.75, 3.05) is 4.90 Å². The van der Waals surface area contributed by atoms with Crippen LogP contribution in [-0.4, -0.2) is 47.1 Å². The van der Waals surface area contributed by atoms with Gasteiger partial charge < -0.3 is 14.7 Å². The summed E-state index contributed by atoms with van der Waals surface area (Å²) < 4.78 is 37.6. The summed E-state index contributed by atoms with van der Waals surface area (Å²) in [5, 5.41) is 15.2. The van der Waals surface area contributed by atoms with Gasteiger partial charge in [0.15, 0.2) is 0 Å². The van der Waals surface area contributed by atoms with Crippen LogP contribution in [0.2, 0.25) is 0 Å². The molecule has 0 bridgehead atoms. The Balaban J connectivity index is 1.67. The van der Waals surface area contributed by atoms with Crippen LogP contribution in [0.15, 0.2) is 96.4 Å². The van der Waals surface area contributed by atoms with Gasteiger partial charge in [-0.15, -0.1) is 6.58 Å². The second kappa shape index (κ2) is 9.39. The van der Waals surface area contributed by atoms with Crippen LogP contribution in [-0.2, 0) is 25.2 Å². The van der Waals surface area contributed by atoms with Gasteiger partial charge in [-0.25, -0.2) is 8.42 Å². The van der Waals surface area contributed by atoms with Crippen molar-refractivity contribution in [1.82, 2.24) is 4.31 Å². The summed E-state index contributed by atoms with van der Waals surface area (Å²) in [5.74, 6) is -0.702. The minimum Gasteiger partial charge on any atom is -0.459 e. The predicted octanol–water partition coefficient (Wildman–Crippen LogP) is 6.10. The van der Waals surface area contributed by atoms with Gasteiger partial charge in [-0.2, -0.15) is 4.31 Å². The molecule has 0 saturated carbocycles. The quantitative estimate of drug-likeness (QED) is 0.173. The Morgan fingerprint density at radius 3 is 2.07 bits per heavy atom. The number of aliphatic hydroxyl groups is 1. The number of esters is 1. The number of rotatable bonds is 5. The molecule has 1 N–H and O–H groups in total. The molecule has 1 saturated heterocycles. The van der Waals surface area contributed by atoms with Crippen molar-refractivity contribution < 1.29 is 23.1 Å². The van der Waals surface area contributed by atoms with Crippen molar-refractivity contribution in [1.29, 1.82) is 0 Å². The minimum absolute atomic E-state index is 0.0984. The zero-order valence-corrected chi connectivity index (χ0v) is 25.4. The van der Waals surface area contributed by atoms with E-state index in [1.165, 1.54) is 4.31 Å². The zero-order chi connectivity index (χ0) is 30.2. The fourth-order valence-corrected chi connectivity index (χ4v) is 8.73. The molecule has 8 heteroatoms. The Kier molecular flexibility index (Phi) is 6.35. The summed E-state index contributed by atoms with van der Waals surface area (Å²) in [7, 11) is -4.46. The molecule has 0 amide bonds. The number of carbonyl (C=O) groups excluding carboxylic acids is 1. The molecule has 0 unspecified atom stereocenters. The third-order valence-electron chi connectivity index (χ3n) is 8.41. The largest absolute Gasteiger partial charge is 0.459 e. The van der Waals surface area contributed by atoms with E-state index >= 15 is 8.42 Å². The molecule has 0 radical (unpaired) electrons. The Labute approximate surface area is 247 Å². The maximum atomic E-state index is 15.3. The minimum atomic E-state index is -4.46. The van der Waals surface area contributed by atoms with Crippen molar-refractivity contribution in [3.63, 3.8) is 0 Å². The SMILES string of the molecule is C=CC(C)(C)N1c2ccccc2[C@@]2(O)C[C@@H](C(=O)OC(C)(C)C)N(S(=O)(=O)c3c4ccccc4cc4ccccc34)[C@@H]12. The fraction of sp³-hybridized carbons (Fsp3) is 0.324. The van der Waals surface area contributed by atoms with E-state index in [1.54, 1.807) is 57.2 Å². The summed E-state index contributed by atoms with van der Waals surface area (Å²) in [6, 6.07) is 22.7. The third kappa shape index (κ3) is 4.15. The molecule has 7 nitrogen and oxygen atoms in total. The van der Waals surface area contributed by atoms with Crippen LogP contribution in [0.4, 0.5) is 5.69 Å². The van der Waals surface area contributed by atoms with Crippen LogP contribution in [0.25, 0.3) is 21.5 Å². The van der Waals surface area contributed by atoms with E-state index in [4.69, 9.17) is 4.74 Å². The number of ether oxygens (including phenoxy) is 1. The highest BCUT2D eigenvalue weighted by molar-refractivity contribution is 7.89. The first kappa shape index (κ1) is 28.4. The topological polar surface area (TPSA) is 87.2 Å². The predicted molar refractivity (Wildman–Crippen MR) is 166 cm³/mol. The molecular formula is C34H36N2O5S. The van der Waals surface area contributed by atoms with Crippen LogP contribution < -0.4 is 4.90 Å². The van der Waals surface area contributed by atoms with Gasteiger partial charge in [0.2, 0.25) is 10.0 Å². The van der Waals surface area contributed by atoms with Gasteiger partial charge in [0.25, 0.3) is 0 Å². The molecule has 42 heavy (non-hydrogen) atoms. The standard InChI is InChI=1S/C34H36N2O5S/c1-7-33(5,6)35-27-19-13-12-18-26(27)34(38)21-28(30(37)41-32(2,3)4)36(31(34)35)42(39,40)29-24-16-10-8-14-22(24)20-23-15-9-11-17-25(23)29/h7-20,28,31,38H,1,21H2,2-6H3/t28-,31+,34-/m0/s1. The van der Waals surface area contributed by atoms with Crippen molar-refractivity contribution in [3.05, 3.63) is 97.1 Å². The average molecular weight is 585 g/mol. The number of nitrogens with zero attached hydrogens (tertiary/aromatic N) is 2. The number of anilines is 1. The van der Waals surface area contributed by atoms with Gasteiger partial charge in [-0.05, 0) is 57.5 Å². The normalized spacial score (nSPS) is 22.8. The number of para-hydroxylation sites is 1. The van der Waals surface area contributed by atoms with Gasteiger partial charge in [-0.3, -0.25) is 4.79 Å². The van der Waals surface area contributed by atoms with Crippen molar-refractivity contribution in [3.8, 4) is 0 Å². The lowest BCUT2D eigenvalue weighted by atomic mass is 9.91. The first-order chi connectivity index (χ1) is 19.7. The Bertz CT molecular complexity index is 1810. The first-order valence-electron chi connectivity index (χ1n) is 14.1. The second-order valence-corrected chi connectivity index (χ2v) is 14.6. The van der Waals surface area contributed by atoms with Crippen molar-refractivity contribution in [2.24, 2.45) is 0 Å². The van der Waals surface area contributed by atoms with Gasteiger partial charge in [0, 0.05) is 28.4 Å². The lowest BCUT2D eigenvalue weighted by Gasteiger charge is -2.44. The lowest BCUT2D eigenvalue weighted by molar-refractivity contribution is -0.159. The molecule has 2 aliphatic rings. The maximum absolute atomic E-state index is 15.3. The maximum Gasteiger partial charge on any atom is 0.325 e. The molecule has 218 valence electrons. The highest BCUT2D eigenvalue weighted by atomic mass is 32.2.